The fourth-order valence-corrected chi connectivity index (χ4v) is 4.15. The average Bonchev–Trinajstić information content (AvgIpc) is 2.91. The summed E-state index contributed by atoms with van der Waals surface area (Å²) in [5, 5.41) is 8.13. The number of aromatic nitrogens is 4. The number of sulfone groups is 1. The highest BCUT2D eigenvalue weighted by Gasteiger charge is 2.31. The van der Waals surface area contributed by atoms with E-state index in [0.717, 1.165) is 11.2 Å². The number of nitrogens with one attached hydrogen (secondary N) is 1. The summed E-state index contributed by atoms with van der Waals surface area (Å²) in [5.41, 5.74) is 0.693. The molecule has 7 nitrogen and oxygen atoms in total. The second kappa shape index (κ2) is 4.16. The van der Waals surface area contributed by atoms with Gasteiger partial charge >= 0.3 is 0 Å². The predicted molar refractivity (Wildman–Crippen MR) is 71.9 cm³/mol. The minimum atomic E-state index is -2.94. The van der Waals surface area contributed by atoms with Gasteiger partial charge in [0.05, 0.1) is 29.1 Å². The zero-order chi connectivity index (χ0) is 13.6. The van der Waals surface area contributed by atoms with Crippen LogP contribution in [0.5, 0.6) is 0 Å². The van der Waals surface area contributed by atoms with Crippen LogP contribution in [0.15, 0.2) is 6.20 Å². The first kappa shape index (κ1) is 12.3. The van der Waals surface area contributed by atoms with Gasteiger partial charge in [0.25, 0.3) is 0 Å². The van der Waals surface area contributed by atoms with E-state index in [4.69, 9.17) is 0 Å². The van der Waals surface area contributed by atoms with Crippen LogP contribution in [0.3, 0.4) is 0 Å². The number of hydrogen-bond donors (Lipinski definition) is 1. The van der Waals surface area contributed by atoms with E-state index in [9.17, 15) is 8.42 Å². The smallest absolute Gasteiger partial charge is 0.163 e. The molecule has 2 aromatic rings. The molecule has 1 fully saturated rings. The molecule has 1 unspecified atom stereocenters. The summed E-state index contributed by atoms with van der Waals surface area (Å²) in [5.74, 6) is 1.72. The van der Waals surface area contributed by atoms with Gasteiger partial charge < -0.3 is 5.32 Å². The number of nitrogens with zero attached hydrogens (tertiary/aromatic N) is 4. The molecular weight excluding hydrogens is 266 g/mol. The van der Waals surface area contributed by atoms with E-state index in [1.54, 1.807) is 17.9 Å². The van der Waals surface area contributed by atoms with Crippen molar-refractivity contribution in [2.24, 2.45) is 0 Å². The van der Waals surface area contributed by atoms with Gasteiger partial charge in [0.1, 0.15) is 11.6 Å². The molecule has 0 saturated carbocycles. The van der Waals surface area contributed by atoms with Gasteiger partial charge in [-0.3, -0.25) is 0 Å². The summed E-state index contributed by atoms with van der Waals surface area (Å²) in [6.45, 7) is 1.81. The van der Waals surface area contributed by atoms with E-state index in [1.807, 2.05) is 6.92 Å². The third-order valence-electron chi connectivity index (χ3n) is 3.36. The van der Waals surface area contributed by atoms with Crippen LogP contribution in [-0.4, -0.2) is 46.7 Å². The van der Waals surface area contributed by atoms with Crippen LogP contribution >= 0.6 is 0 Å². The molecule has 102 valence electrons. The van der Waals surface area contributed by atoms with Crippen molar-refractivity contribution in [3.8, 4) is 0 Å². The Hall–Kier alpha value is -1.70. The molecule has 0 spiro atoms. The number of anilines is 1. The normalized spacial score (nSPS) is 21.9. The topological polar surface area (TPSA) is 89.8 Å². The Bertz CT molecular complexity index is 737. The van der Waals surface area contributed by atoms with Gasteiger partial charge in [-0.05, 0) is 13.3 Å². The molecule has 1 N–H and O–H groups in total. The van der Waals surface area contributed by atoms with Crippen molar-refractivity contribution < 1.29 is 8.42 Å². The summed E-state index contributed by atoms with van der Waals surface area (Å²) in [7, 11) is -1.15. The molecule has 19 heavy (non-hydrogen) atoms. The number of fused-ring (bicyclic) bond motifs is 1. The lowest BCUT2D eigenvalue weighted by molar-refractivity contribution is 0.511. The van der Waals surface area contributed by atoms with E-state index in [1.165, 1.54) is 0 Å². The van der Waals surface area contributed by atoms with Crippen LogP contribution in [0, 0.1) is 6.92 Å². The van der Waals surface area contributed by atoms with Crippen LogP contribution in [0.25, 0.3) is 11.0 Å². The average molecular weight is 281 g/mol. The number of rotatable bonds is 2. The van der Waals surface area contributed by atoms with Crippen LogP contribution in [0.4, 0.5) is 5.82 Å². The quantitative estimate of drug-likeness (QED) is 0.864. The first-order valence-corrected chi connectivity index (χ1v) is 7.92. The summed E-state index contributed by atoms with van der Waals surface area (Å²) in [6.07, 6.45) is 2.28. The Morgan fingerprint density at radius 3 is 2.84 bits per heavy atom. The SMILES string of the molecule is CNc1nc(C)nc2c1cnn2C1CCS(=O)(=O)C1. The zero-order valence-electron chi connectivity index (χ0n) is 10.8. The van der Waals surface area contributed by atoms with Crippen LogP contribution in [0.2, 0.25) is 0 Å². The van der Waals surface area contributed by atoms with Gasteiger partial charge in [-0.2, -0.15) is 5.10 Å². The summed E-state index contributed by atoms with van der Waals surface area (Å²) in [6, 6.07) is -0.124. The first-order valence-electron chi connectivity index (χ1n) is 6.10. The van der Waals surface area contributed by atoms with Gasteiger partial charge in [0.2, 0.25) is 0 Å². The van der Waals surface area contributed by atoms with Gasteiger partial charge in [0, 0.05) is 7.05 Å². The molecule has 0 amide bonds. The van der Waals surface area contributed by atoms with E-state index >= 15 is 0 Å². The maximum Gasteiger partial charge on any atom is 0.163 e. The standard InChI is InChI=1S/C11H15N5O2S/c1-7-14-10(12-2)9-5-13-16(11(9)15-7)8-3-4-19(17,18)6-8/h5,8H,3-4,6H2,1-2H3,(H,12,14,15). The van der Waals surface area contributed by atoms with Crippen molar-refractivity contribution >= 4 is 26.7 Å². The molecule has 1 aliphatic heterocycles. The molecular formula is C11H15N5O2S. The molecule has 8 heteroatoms. The third kappa shape index (κ3) is 2.05. The Morgan fingerprint density at radius 1 is 1.42 bits per heavy atom. The van der Waals surface area contributed by atoms with Gasteiger partial charge in [-0.15, -0.1) is 0 Å². The zero-order valence-corrected chi connectivity index (χ0v) is 11.6. The van der Waals surface area contributed by atoms with Crippen LogP contribution < -0.4 is 5.32 Å². The minimum Gasteiger partial charge on any atom is -0.372 e. The van der Waals surface area contributed by atoms with Crippen molar-refractivity contribution in [2.75, 3.05) is 23.9 Å². The van der Waals surface area contributed by atoms with Crippen molar-refractivity contribution in [1.29, 1.82) is 0 Å². The molecule has 1 saturated heterocycles. The predicted octanol–water partition coefficient (Wildman–Crippen LogP) is 0.536. The Morgan fingerprint density at radius 2 is 2.21 bits per heavy atom. The molecule has 3 heterocycles. The van der Waals surface area contributed by atoms with E-state index in [2.05, 4.69) is 20.4 Å². The lowest BCUT2D eigenvalue weighted by atomic mass is 10.2. The summed E-state index contributed by atoms with van der Waals surface area (Å²) in [4.78, 5) is 8.69. The molecule has 2 aromatic heterocycles. The monoisotopic (exact) mass is 281 g/mol. The largest absolute Gasteiger partial charge is 0.372 e. The van der Waals surface area contributed by atoms with Crippen LogP contribution in [0.1, 0.15) is 18.3 Å². The summed E-state index contributed by atoms with van der Waals surface area (Å²) < 4.78 is 24.9. The minimum absolute atomic E-state index is 0.124. The van der Waals surface area contributed by atoms with E-state index in [0.29, 0.717) is 17.9 Å². The molecule has 0 radical (unpaired) electrons. The molecule has 1 atom stereocenters. The van der Waals surface area contributed by atoms with Crippen molar-refractivity contribution in [3.05, 3.63) is 12.0 Å². The Labute approximate surface area is 111 Å². The lowest BCUT2D eigenvalue weighted by Gasteiger charge is -2.10. The van der Waals surface area contributed by atoms with Gasteiger partial charge in [0.15, 0.2) is 15.5 Å². The highest BCUT2D eigenvalue weighted by Crippen LogP contribution is 2.28. The Kier molecular flexibility index (Phi) is 2.70. The highest BCUT2D eigenvalue weighted by atomic mass is 32.2. The third-order valence-corrected chi connectivity index (χ3v) is 5.11. The molecule has 0 aromatic carbocycles. The van der Waals surface area contributed by atoms with Gasteiger partial charge in [-0.25, -0.2) is 23.1 Å². The lowest BCUT2D eigenvalue weighted by Crippen LogP contribution is -2.13. The van der Waals surface area contributed by atoms with E-state index in [-0.39, 0.29) is 17.5 Å². The van der Waals surface area contributed by atoms with Crippen molar-refractivity contribution in [3.63, 3.8) is 0 Å². The van der Waals surface area contributed by atoms with Crippen molar-refractivity contribution in [1.82, 2.24) is 19.7 Å². The van der Waals surface area contributed by atoms with Gasteiger partial charge in [-0.1, -0.05) is 0 Å². The number of aryl methyl sites for hydroxylation is 1. The second-order valence-electron chi connectivity index (χ2n) is 4.75. The first-order chi connectivity index (χ1) is 9.00. The number of hydrogen-bond acceptors (Lipinski definition) is 6. The molecule has 0 bridgehead atoms. The van der Waals surface area contributed by atoms with Crippen LogP contribution in [-0.2, 0) is 9.84 Å². The molecule has 0 aliphatic carbocycles. The van der Waals surface area contributed by atoms with E-state index < -0.39 is 9.84 Å². The maximum absolute atomic E-state index is 11.6. The fourth-order valence-electron chi connectivity index (χ4n) is 2.46. The fraction of sp³-hybridized carbons (Fsp3) is 0.545. The second-order valence-corrected chi connectivity index (χ2v) is 6.98. The highest BCUT2D eigenvalue weighted by molar-refractivity contribution is 7.91. The van der Waals surface area contributed by atoms with Crippen molar-refractivity contribution in [2.45, 2.75) is 19.4 Å². The molecule has 1 aliphatic rings. The Balaban J connectivity index is 2.13. The summed E-state index contributed by atoms with van der Waals surface area (Å²) >= 11 is 0. The maximum atomic E-state index is 11.6. The molecule has 3 rings (SSSR count).